The molecule has 0 aliphatic carbocycles. The minimum atomic E-state index is -4.52. The Morgan fingerprint density at radius 1 is 0.977 bits per heavy atom. The van der Waals surface area contributed by atoms with Crippen LogP contribution in [-0.4, -0.2) is 32.0 Å². The van der Waals surface area contributed by atoms with E-state index in [1.165, 1.54) is 12.1 Å². The first-order chi connectivity index (χ1) is 21.1. The summed E-state index contributed by atoms with van der Waals surface area (Å²) in [7, 11) is 0. The molecule has 6 nitrogen and oxygen atoms in total. The zero-order valence-corrected chi connectivity index (χ0v) is 24.9. The Hall–Kier alpha value is -4.70. The van der Waals surface area contributed by atoms with Crippen LogP contribution in [0.4, 0.5) is 18.9 Å². The Bertz CT molecular complexity index is 1850. The highest BCUT2D eigenvalue weighted by molar-refractivity contribution is 7.80. The van der Waals surface area contributed by atoms with Crippen molar-refractivity contribution in [2.45, 2.75) is 38.5 Å². The molecule has 0 bridgehead atoms. The van der Waals surface area contributed by atoms with E-state index in [0.717, 1.165) is 33.8 Å². The van der Waals surface area contributed by atoms with Gasteiger partial charge in [-0.05, 0) is 73.4 Å². The minimum Gasteiger partial charge on any atom is -0.352 e. The van der Waals surface area contributed by atoms with Crippen molar-refractivity contribution in [2.75, 3.05) is 11.9 Å². The highest BCUT2D eigenvalue weighted by atomic mass is 32.1. The van der Waals surface area contributed by atoms with Gasteiger partial charge in [-0.3, -0.25) is 9.78 Å². The van der Waals surface area contributed by atoms with Gasteiger partial charge in [-0.25, -0.2) is 0 Å². The van der Waals surface area contributed by atoms with Crippen molar-refractivity contribution in [2.24, 2.45) is 0 Å². The van der Waals surface area contributed by atoms with E-state index in [1.807, 2.05) is 78.6 Å². The van der Waals surface area contributed by atoms with Crippen molar-refractivity contribution in [3.8, 4) is 5.69 Å². The maximum Gasteiger partial charge on any atom is 0.418 e. The van der Waals surface area contributed by atoms with Gasteiger partial charge in [0.2, 0.25) is 5.91 Å². The third kappa shape index (κ3) is 5.53. The zero-order valence-electron chi connectivity index (χ0n) is 24.1. The van der Waals surface area contributed by atoms with E-state index in [-0.39, 0.29) is 24.1 Å². The molecule has 3 heterocycles. The number of nitrogens with one attached hydrogen (secondary N) is 2. The summed E-state index contributed by atoms with van der Waals surface area (Å²) in [5.74, 6) is -0.172. The summed E-state index contributed by atoms with van der Waals surface area (Å²) >= 11 is 5.79. The third-order valence-electron chi connectivity index (χ3n) is 8.08. The average molecular weight is 614 g/mol. The molecule has 2 aromatic heterocycles. The van der Waals surface area contributed by atoms with Crippen LogP contribution in [0.25, 0.3) is 16.5 Å². The number of aryl methyl sites for hydroxylation is 1. The fraction of sp³-hybridized carbons (Fsp3) is 0.206. The molecular formula is C34H30F3N5OS. The fourth-order valence-corrected chi connectivity index (χ4v) is 6.45. The predicted octanol–water partition coefficient (Wildman–Crippen LogP) is 7.66. The molecule has 1 aliphatic rings. The summed E-state index contributed by atoms with van der Waals surface area (Å²) in [5.41, 5.74) is 2.93. The van der Waals surface area contributed by atoms with Gasteiger partial charge in [0.15, 0.2) is 5.11 Å². The molecule has 6 rings (SSSR count). The summed E-state index contributed by atoms with van der Waals surface area (Å²) in [6, 6.07) is 25.9. The second kappa shape index (κ2) is 11.8. The van der Waals surface area contributed by atoms with Crippen molar-refractivity contribution in [1.82, 2.24) is 19.8 Å². The van der Waals surface area contributed by atoms with Gasteiger partial charge in [0, 0.05) is 41.6 Å². The lowest BCUT2D eigenvalue weighted by Crippen LogP contribution is -2.33. The average Bonchev–Trinajstić information content (AvgIpc) is 3.50. The van der Waals surface area contributed by atoms with E-state index < -0.39 is 17.8 Å². The number of aromatic nitrogens is 2. The van der Waals surface area contributed by atoms with Crippen LogP contribution in [-0.2, 0) is 11.0 Å². The highest BCUT2D eigenvalue weighted by Crippen LogP contribution is 2.43. The van der Waals surface area contributed by atoms with E-state index in [2.05, 4.69) is 15.6 Å². The minimum absolute atomic E-state index is 0.0604. The van der Waals surface area contributed by atoms with Crippen molar-refractivity contribution < 1.29 is 18.0 Å². The number of anilines is 1. The number of fused-ring (bicyclic) bond motifs is 1. The second-order valence-corrected chi connectivity index (χ2v) is 11.2. The number of thiocarbonyl (C=S) groups is 1. The summed E-state index contributed by atoms with van der Waals surface area (Å²) in [4.78, 5) is 19.7. The number of carbonyl (C=O) groups excluding carboxylic acids is 1. The van der Waals surface area contributed by atoms with Crippen LogP contribution in [0.15, 0.2) is 97.2 Å². The number of rotatable bonds is 7. The van der Waals surface area contributed by atoms with Gasteiger partial charge in [-0.1, -0.05) is 54.6 Å². The molecule has 2 atom stereocenters. The molecule has 1 saturated heterocycles. The third-order valence-corrected chi connectivity index (χ3v) is 8.43. The molecule has 1 fully saturated rings. The molecule has 0 spiro atoms. The monoisotopic (exact) mass is 613 g/mol. The number of hydrogen-bond acceptors (Lipinski definition) is 3. The van der Waals surface area contributed by atoms with Gasteiger partial charge in [0.05, 0.1) is 29.0 Å². The maximum absolute atomic E-state index is 14.0. The standard InChI is InChI=1S/C34H30F3N5OS/c1-21-20-25(22(2)42(21)29-16-6-5-13-26(29)34(35,36)37)32-31(28-14-7-8-18-38-28)40-33(44)41(32)19-17-30(43)39-27-15-9-11-23-10-3-4-12-24(23)27/h3-16,18,20,31-32H,17,19H2,1-2H3,(H,39,43)(H,40,44)/t31-,32+/m0/s1. The van der Waals surface area contributed by atoms with Crippen LogP contribution in [0.2, 0.25) is 0 Å². The van der Waals surface area contributed by atoms with E-state index in [9.17, 15) is 18.0 Å². The molecule has 5 aromatic rings. The summed E-state index contributed by atoms with van der Waals surface area (Å²) < 4.78 is 43.7. The van der Waals surface area contributed by atoms with Gasteiger partial charge in [-0.2, -0.15) is 13.2 Å². The SMILES string of the molecule is Cc1cc([C@@H]2[C@H](c3ccccn3)NC(=S)N2CCC(=O)Nc2cccc3ccccc23)c(C)n1-c1ccccc1C(F)(F)F. The Morgan fingerprint density at radius 3 is 2.48 bits per heavy atom. The van der Waals surface area contributed by atoms with Crippen LogP contribution in [0, 0.1) is 13.8 Å². The van der Waals surface area contributed by atoms with Gasteiger partial charge in [0.25, 0.3) is 0 Å². The number of nitrogens with zero attached hydrogens (tertiary/aromatic N) is 3. The van der Waals surface area contributed by atoms with E-state index in [4.69, 9.17) is 12.2 Å². The summed E-state index contributed by atoms with van der Waals surface area (Å²) in [6.45, 7) is 3.90. The molecular weight excluding hydrogens is 583 g/mol. The number of pyridine rings is 1. The van der Waals surface area contributed by atoms with Gasteiger partial charge in [0.1, 0.15) is 0 Å². The highest BCUT2D eigenvalue weighted by Gasteiger charge is 2.42. The maximum atomic E-state index is 14.0. The number of benzene rings is 3. The molecule has 3 aromatic carbocycles. The quantitative estimate of drug-likeness (QED) is 0.185. The number of carbonyl (C=O) groups is 1. The van der Waals surface area contributed by atoms with Crippen LogP contribution in [0.1, 0.15) is 46.7 Å². The molecule has 224 valence electrons. The zero-order chi connectivity index (χ0) is 31.0. The molecule has 0 unspecified atom stereocenters. The Kier molecular flexibility index (Phi) is 7.85. The number of halogens is 3. The van der Waals surface area contributed by atoms with Gasteiger partial charge < -0.3 is 20.1 Å². The summed E-state index contributed by atoms with van der Waals surface area (Å²) in [6.07, 6.45) is -2.68. The molecule has 10 heteroatoms. The molecule has 0 radical (unpaired) electrons. The van der Waals surface area contributed by atoms with Crippen molar-refractivity contribution in [1.29, 1.82) is 0 Å². The first kappa shape index (κ1) is 29.4. The lowest BCUT2D eigenvalue weighted by Gasteiger charge is -2.28. The van der Waals surface area contributed by atoms with E-state index in [0.29, 0.717) is 23.0 Å². The molecule has 2 N–H and O–H groups in total. The topological polar surface area (TPSA) is 62.2 Å². The first-order valence-electron chi connectivity index (χ1n) is 14.2. The van der Waals surface area contributed by atoms with Crippen molar-refractivity contribution in [3.05, 3.63) is 125 Å². The van der Waals surface area contributed by atoms with E-state index >= 15 is 0 Å². The lowest BCUT2D eigenvalue weighted by molar-refractivity contribution is -0.137. The Labute approximate surface area is 258 Å². The van der Waals surface area contributed by atoms with Gasteiger partial charge in [-0.15, -0.1) is 0 Å². The smallest absolute Gasteiger partial charge is 0.352 e. The van der Waals surface area contributed by atoms with Crippen LogP contribution >= 0.6 is 12.2 Å². The first-order valence-corrected chi connectivity index (χ1v) is 14.7. The fourth-order valence-electron chi connectivity index (χ4n) is 6.12. The Balaban J connectivity index is 1.34. The predicted molar refractivity (Wildman–Crippen MR) is 170 cm³/mol. The van der Waals surface area contributed by atoms with E-state index in [1.54, 1.807) is 23.8 Å². The number of hydrogen-bond donors (Lipinski definition) is 2. The van der Waals surface area contributed by atoms with Crippen molar-refractivity contribution >= 4 is 39.7 Å². The molecule has 1 aliphatic heterocycles. The molecule has 0 saturated carbocycles. The number of alkyl halides is 3. The largest absolute Gasteiger partial charge is 0.418 e. The normalized spacial score (nSPS) is 16.8. The lowest BCUT2D eigenvalue weighted by atomic mass is 9.96. The van der Waals surface area contributed by atoms with Crippen molar-refractivity contribution in [3.63, 3.8) is 0 Å². The van der Waals surface area contributed by atoms with Gasteiger partial charge >= 0.3 is 6.18 Å². The van der Waals surface area contributed by atoms with Crippen LogP contribution in [0.3, 0.4) is 0 Å². The van der Waals surface area contributed by atoms with Crippen LogP contribution < -0.4 is 10.6 Å². The summed E-state index contributed by atoms with van der Waals surface area (Å²) in [5, 5.41) is 8.83. The number of amides is 1. The number of para-hydroxylation sites is 1. The molecule has 44 heavy (non-hydrogen) atoms. The Morgan fingerprint density at radius 2 is 1.70 bits per heavy atom. The van der Waals surface area contributed by atoms with Crippen LogP contribution in [0.5, 0.6) is 0 Å². The second-order valence-electron chi connectivity index (χ2n) is 10.8. The molecule has 1 amide bonds.